The molecule has 0 bridgehead atoms. The first-order valence-corrected chi connectivity index (χ1v) is 9.43. The van der Waals surface area contributed by atoms with Crippen LogP contribution in [0, 0.1) is 0 Å². The van der Waals surface area contributed by atoms with Gasteiger partial charge >= 0.3 is 0 Å². The number of likely N-dealkylation sites (N-methyl/N-ethyl adjacent to an activating group) is 1. The molecule has 0 N–H and O–H groups in total. The van der Waals surface area contributed by atoms with Gasteiger partial charge in [-0.2, -0.15) is 4.98 Å². The standard InChI is InChI=1S/C18H19N3O4S/c1-21(26(22,23)16-10-8-15(24-2)9-11-16)13-12-17-19-18(25-20-17)14-6-4-3-5-7-14/h3-11H,12-13H2,1-2H3. The average molecular weight is 373 g/mol. The zero-order chi connectivity index (χ0) is 18.6. The summed E-state index contributed by atoms with van der Waals surface area (Å²) in [5.74, 6) is 1.48. The molecule has 0 aliphatic heterocycles. The molecule has 8 heteroatoms. The number of methoxy groups -OCH3 is 1. The summed E-state index contributed by atoms with van der Waals surface area (Å²) in [6, 6.07) is 15.7. The van der Waals surface area contributed by atoms with Crippen LogP contribution in [-0.4, -0.2) is 43.6 Å². The number of aromatic nitrogens is 2. The van der Waals surface area contributed by atoms with Gasteiger partial charge in [0.2, 0.25) is 10.0 Å². The minimum atomic E-state index is -3.59. The van der Waals surface area contributed by atoms with Gasteiger partial charge < -0.3 is 9.26 Å². The SMILES string of the molecule is COc1ccc(S(=O)(=O)N(C)CCc2noc(-c3ccccc3)n2)cc1. The van der Waals surface area contributed by atoms with Crippen molar-refractivity contribution in [2.24, 2.45) is 0 Å². The Morgan fingerprint density at radius 2 is 1.77 bits per heavy atom. The third-order valence-electron chi connectivity index (χ3n) is 3.91. The Labute approximate surface area is 152 Å². The molecule has 0 atom stereocenters. The fourth-order valence-corrected chi connectivity index (χ4v) is 3.53. The largest absolute Gasteiger partial charge is 0.497 e. The van der Waals surface area contributed by atoms with Crippen molar-refractivity contribution >= 4 is 10.0 Å². The van der Waals surface area contributed by atoms with Gasteiger partial charge in [-0.25, -0.2) is 12.7 Å². The van der Waals surface area contributed by atoms with Gasteiger partial charge in [-0.3, -0.25) is 0 Å². The number of hydrogen-bond donors (Lipinski definition) is 0. The Morgan fingerprint density at radius 1 is 1.08 bits per heavy atom. The summed E-state index contributed by atoms with van der Waals surface area (Å²) in [5, 5.41) is 3.92. The molecule has 0 radical (unpaired) electrons. The summed E-state index contributed by atoms with van der Waals surface area (Å²) in [5.41, 5.74) is 0.824. The monoisotopic (exact) mass is 373 g/mol. The number of sulfonamides is 1. The van der Waals surface area contributed by atoms with E-state index in [-0.39, 0.29) is 11.4 Å². The first-order valence-electron chi connectivity index (χ1n) is 7.99. The van der Waals surface area contributed by atoms with Gasteiger partial charge in [-0.05, 0) is 36.4 Å². The van der Waals surface area contributed by atoms with Gasteiger partial charge in [0, 0.05) is 25.6 Å². The Balaban J connectivity index is 1.66. The molecular formula is C18H19N3O4S. The molecule has 136 valence electrons. The molecule has 3 aromatic rings. The zero-order valence-corrected chi connectivity index (χ0v) is 15.3. The molecule has 0 aliphatic rings. The van der Waals surface area contributed by atoms with Gasteiger partial charge in [0.25, 0.3) is 5.89 Å². The molecule has 3 rings (SSSR count). The third kappa shape index (κ3) is 3.92. The highest BCUT2D eigenvalue weighted by molar-refractivity contribution is 7.89. The van der Waals surface area contributed by atoms with Crippen LogP contribution in [0.5, 0.6) is 5.75 Å². The van der Waals surface area contributed by atoms with Crippen LogP contribution in [0.15, 0.2) is 64.0 Å². The Morgan fingerprint density at radius 3 is 2.42 bits per heavy atom. The number of hydrogen-bond acceptors (Lipinski definition) is 6. The minimum absolute atomic E-state index is 0.207. The number of ether oxygens (including phenoxy) is 1. The van der Waals surface area contributed by atoms with Crippen LogP contribution in [-0.2, 0) is 16.4 Å². The van der Waals surface area contributed by atoms with E-state index in [0.717, 1.165) is 5.56 Å². The van der Waals surface area contributed by atoms with Crippen LogP contribution < -0.4 is 4.74 Å². The maximum atomic E-state index is 12.6. The molecule has 0 amide bonds. The predicted octanol–water partition coefficient (Wildman–Crippen LogP) is 2.61. The first-order chi connectivity index (χ1) is 12.5. The van der Waals surface area contributed by atoms with E-state index in [1.165, 1.54) is 30.6 Å². The van der Waals surface area contributed by atoms with Gasteiger partial charge in [0.1, 0.15) is 5.75 Å². The van der Waals surface area contributed by atoms with Crippen molar-refractivity contribution in [3.05, 3.63) is 60.4 Å². The summed E-state index contributed by atoms with van der Waals surface area (Å²) in [6.07, 6.45) is 0.349. The highest BCUT2D eigenvalue weighted by atomic mass is 32.2. The summed E-state index contributed by atoms with van der Waals surface area (Å²) < 4.78 is 36.8. The number of benzene rings is 2. The topological polar surface area (TPSA) is 85.5 Å². The Bertz CT molecular complexity index is 954. The lowest BCUT2D eigenvalue weighted by molar-refractivity contribution is 0.413. The minimum Gasteiger partial charge on any atom is -0.497 e. The molecule has 0 spiro atoms. The third-order valence-corrected chi connectivity index (χ3v) is 5.78. The first kappa shape index (κ1) is 18.1. The van der Waals surface area contributed by atoms with Crippen LogP contribution >= 0.6 is 0 Å². The van der Waals surface area contributed by atoms with Crippen molar-refractivity contribution in [3.8, 4) is 17.2 Å². The second-order valence-corrected chi connectivity index (χ2v) is 7.68. The average Bonchev–Trinajstić information content (AvgIpc) is 3.16. The van der Waals surface area contributed by atoms with Crippen molar-refractivity contribution in [3.63, 3.8) is 0 Å². The van der Waals surface area contributed by atoms with Gasteiger partial charge in [0.05, 0.1) is 12.0 Å². The quantitative estimate of drug-likeness (QED) is 0.633. The molecule has 0 unspecified atom stereocenters. The van der Waals surface area contributed by atoms with E-state index < -0.39 is 10.0 Å². The van der Waals surface area contributed by atoms with Crippen LogP contribution in [0.1, 0.15) is 5.82 Å². The lowest BCUT2D eigenvalue weighted by atomic mass is 10.2. The molecule has 2 aromatic carbocycles. The van der Waals surface area contributed by atoms with Crippen LogP contribution in [0.4, 0.5) is 0 Å². The van der Waals surface area contributed by atoms with Crippen molar-refractivity contribution < 1.29 is 17.7 Å². The summed E-state index contributed by atoms with van der Waals surface area (Å²) in [7, 11) is -0.530. The Hall–Kier alpha value is -2.71. The van der Waals surface area contributed by atoms with Crippen LogP contribution in [0.25, 0.3) is 11.5 Å². The molecule has 0 saturated carbocycles. The maximum Gasteiger partial charge on any atom is 0.257 e. The van der Waals surface area contributed by atoms with E-state index in [0.29, 0.717) is 23.9 Å². The fourth-order valence-electron chi connectivity index (χ4n) is 2.36. The van der Waals surface area contributed by atoms with Crippen molar-refractivity contribution in [1.82, 2.24) is 14.4 Å². The van der Waals surface area contributed by atoms with E-state index in [4.69, 9.17) is 9.26 Å². The highest BCUT2D eigenvalue weighted by Crippen LogP contribution is 2.19. The second-order valence-electron chi connectivity index (χ2n) is 5.63. The van der Waals surface area contributed by atoms with E-state index in [2.05, 4.69) is 10.1 Å². The molecule has 1 aromatic heterocycles. The molecule has 1 heterocycles. The van der Waals surface area contributed by atoms with Crippen molar-refractivity contribution in [1.29, 1.82) is 0 Å². The zero-order valence-electron chi connectivity index (χ0n) is 14.5. The summed E-state index contributed by atoms with van der Waals surface area (Å²) in [4.78, 5) is 4.52. The lowest BCUT2D eigenvalue weighted by Gasteiger charge is -2.16. The highest BCUT2D eigenvalue weighted by Gasteiger charge is 2.21. The molecule has 7 nitrogen and oxygen atoms in total. The van der Waals surface area contributed by atoms with Crippen molar-refractivity contribution in [2.45, 2.75) is 11.3 Å². The van der Waals surface area contributed by atoms with E-state index >= 15 is 0 Å². The fraction of sp³-hybridized carbons (Fsp3) is 0.222. The van der Waals surface area contributed by atoms with Crippen LogP contribution in [0.2, 0.25) is 0 Å². The molecule has 0 fully saturated rings. The Kier molecular flexibility index (Phi) is 5.34. The van der Waals surface area contributed by atoms with E-state index in [9.17, 15) is 8.42 Å². The number of nitrogens with zero attached hydrogens (tertiary/aromatic N) is 3. The second kappa shape index (κ2) is 7.67. The van der Waals surface area contributed by atoms with Gasteiger partial charge in [-0.1, -0.05) is 23.4 Å². The van der Waals surface area contributed by atoms with E-state index in [1.54, 1.807) is 12.1 Å². The van der Waals surface area contributed by atoms with E-state index in [1.807, 2.05) is 30.3 Å². The lowest BCUT2D eigenvalue weighted by Crippen LogP contribution is -2.29. The van der Waals surface area contributed by atoms with Gasteiger partial charge in [-0.15, -0.1) is 0 Å². The molecule has 0 saturated heterocycles. The molecule has 0 aliphatic carbocycles. The van der Waals surface area contributed by atoms with Gasteiger partial charge in [0.15, 0.2) is 5.82 Å². The summed E-state index contributed by atoms with van der Waals surface area (Å²) in [6.45, 7) is 0.238. The van der Waals surface area contributed by atoms with Crippen LogP contribution in [0.3, 0.4) is 0 Å². The normalized spacial score (nSPS) is 11.7. The number of rotatable bonds is 7. The smallest absolute Gasteiger partial charge is 0.257 e. The molecular weight excluding hydrogens is 354 g/mol. The predicted molar refractivity (Wildman–Crippen MR) is 96.2 cm³/mol. The molecule has 26 heavy (non-hydrogen) atoms. The van der Waals surface area contributed by atoms with Crippen molar-refractivity contribution in [2.75, 3.05) is 20.7 Å². The maximum absolute atomic E-state index is 12.6. The summed E-state index contributed by atoms with van der Waals surface area (Å²) >= 11 is 0.